The minimum absolute atomic E-state index is 0.0521. The molecule has 0 fully saturated rings. The van der Waals surface area contributed by atoms with E-state index in [-0.39, 0.29) is 22.4 Å². The Labute approximate surface area is 171 Å². The number of hydrogen-bond acceptors (Lipinski definition) is 7. The van der Waals surface area contributed by atoms with Gasteiger partial charge in [0.1, 0.15) is 23.5 Å². The molecule has 0 spiro atoms. The van der Waals surface area contributed by atoms with Gasteiger partial charge in [-0.2, -0.15) is 0 Å². The van der Waals surface area contributed by atoms with Crippen molar-refractivity contribution >= 4 is 38.3 Å². The molecular formula is C19H15ClN4O4S. The summed E-state index contributed by atoms with van der Waals surface area (Å²) in [5.74, 6) is 0.845. The van der Waals surface area contributed by atoms with Crippen LogP contribution in [-0.2, 0) is 16.6 Å². The van der Waals surface area contributed by atoms with Gasteiger partial charge in [0, 0.05) is 11.5 Å². The molecule has 0 radical (unpaired) electrons. The van der Waals surface area contributed by atoms with Gasteiger partial charge in [0.05, 0.1) is 24.1 Å². The second-order valence-corrected chi connectivity index (χ2v) is 8.28. The quantitative estimate of drug-likeness (QED) is 0.430. The lowest BCUT2D eigenvalue weighted by molar-refractivity contribution is 0.414. The highest BCUT2D eigenvalue weighted by Crippen LogP contribution is 2.28. The lowest BCUT2D eigenvalue weighted by Crippen LogP contribution is -2.30. The van der Waals surface area contributed by atoms with Crippen molar-refractivity contribution in [1.29, 1.82) is 0 Å². The van der Waals surface area contributed by atoms with Gasteiger partial charge in [0.2, 0.25) is 0 Å². The molecule has 4 aromatic rings. The number of rotatable bonds is 6. The largest absolute Gasteiger partial charge is 0.497 e. The standard InChI is InChI=1S/C19H15ClN4O4S/c1-27-14-4-2-13(3-5-14)11-24(18-8-9-28-23-18)29(25,26)15-6-7-16-17(10-15)21-12-22-19(16)20/h2-10,12H,11H2,1H3. The van der Waals surface area contributed by atoms with Crippen molar-refractivity contribution < 1.29 is 17.7 Å². The van der Waals surface area contributed by atoms with Crippen molar-refractivity contribution in [2.45, 2.75) is 11.4 Å². The fraction of sp³-hybridized carbons (Fsp3) is 0.105. The number of hydrogen-bond donors (Lipinski definition) is 0. The number of halogens is 1. The average Bonchev–Trinajstić information content (AvgIpc) is 3.26. The summed E-state index contributed by atoms with van der Waals surface area (Å²) in [5, 5.41) is 4.64. The van der Waals surface area contributed by atoms with Crippen molar-refractivity contribution in [3.05, 3.63) is 71.8 Å². The Hall–Kier alpha value is -3.17. The van der Waals surface area contributed by atoms with Crippen molar-refractivity contribution in [1.82, 2.24) is 15.1 Å². The van der Waals surface area contributed by atoms with Crippen LogP contribution < -0.4 is 9.04 Å². The minimum atomic E-state index is -3.97. The number of anilines is 1. The third kappa shape index (κ3) is 3.74. The van der Waals surface area contributed by atoms with E-state index in [1.165, 1.54) is 35.1 Å². The first-order valence-corrected chi connectivity index (χ1v) is 10.3. The van der Waals surface area contributed by atoms with Crippen LogP contribution in [0.5, 0.6) is 5.75 Å². The first-order chi connectivity index (χ1) is 14.0. The van der Waals surface area contributed by atoms with Crippen LogP contribution in [0.4, 0.5) is 5.82 Å². The van der Waals surface area contributed by atoms with Gasteiger partial charge >= 0.3 is 0 Å². The van der Waals surface area contributed by atoms with Gasteiger partial charge in [-0.25, -0.2) is 22.7 Å². The van der Waals surface area contributed by atoms with Gasteiger partial charge in [0.25, 0.3) is 10.0 Å². The van der Waals surface area contributed by atoms with Crippen molar-refractivity contribution in [2.75, 3.05) is 11.4 Å². The molecular weight excluding hydrogens is 416 g/mol. The smallest absolute Gasteiger partial charge is 0.265 e. The maximum Gasteiger partial charge on any atom is 0.265 e. The zero-order chi connectivity index (χ0) is 20.4. The minimum Gasteiger partial charge on any atom is -0.497 e. The summed E-state index contributed by atoms with van der Waals surface area (Å²) in [6.07, 6.45) is 2.60. The highest BCUT2D eigenvalue weighted by atomic mass is 35.5. The maximum absolute atomic E-state index is 13.4. The van der Waals surface area contributed by atoms with E-state index in [0.717, 1.165) is 5.56 Å². The van der Waals surface area contributed by atoms with Crippen LogP contribution in [-0.4, -0.2) is 30.7 Å². The number of ether oxygens (including phenoxy) is 1. The first kappa shape index (κ1) is 19.2. The van der Waals surface area contributed by atoms with Crippen LogP contribution in [0.2, 0.25) is 5.15 Å². The predicted octanol–water partition coefficient (Wildman–Crippen LogP) is 3.68. The number of nitrogens with zero attached hydrogens (tertiary/aromatic N) is 4. The van der Waals surface area contributed by atoms with Crippen molar-refractivity contribution in [3.8, 4) is 5.75 Å². The number of aromatic nitrogens is 3. The molecule has 148 valence electrons. The van der Waals surface area contributed by atoms with E-state index in [2.05, 4.69) is 15.1 Å². The predicted molar refractivity (Wildman–Crippen MR) is 107 cm³/mol. The molecule has 0 saturated heterocycles. The zero-order valence-corrected chi connectivity index (χ0v) is 16.8. The fourth-order valence-corrected chi connectivity index (χ4v) is 4.43. The van der Waals surface area contributed by atoms with E-state index in [0.29, 0.717) is 16.7 Å². The summed E-state index contributed by atoms with van der Waals surface area (Å²) in [7, 11) is -2.40. The Morgan fingerprint density at radius 3 is 2.59 bits per heavy atom. The third-order valence-corrected chi connectivity index (χ3v) is 6.36. The molecule has 2 aromatic carbocycles. The average molecular weight is 431 g/mol. The molecule has 0 aliphatic heterocycles. The lowest BCUT2D eigenvalue weighted by Gasteiger charge is -2.22. The van der Waals surface area contributed by atoms with Crippen LogP contribution in [0.15, 0.2) is 70.5 Å². The van der Waals surface area contributed by atoms with Gasteiger partial charge < -0.3 is 9.26 Å². The van der Waals surface area contributed by atoms with E-state index in [4.69, 9.17) is 20.9 Å². The summed E-state index contributed by atoms with van der Waals surface area (Å²) < 4.78 is 38.1. The van der Waals surface area contributed by atoms with E-state index in [9.17, 15) is 8.42 Å². The number of sulfonamides is 1. The SMILES string of the molecule is COc1ccc(CN(c2ccon2)S(=O)(=O)c2ccc3c(Cl)ncnc3c2)cc1. The van der Waals surface area contributed by atoms with Gasteiger partial charge in [0.15, 0.2) is 5.82 Å². The van der Waals surface area contributed by atoms with Gasteiger partial charge in [-0.05, 0) is 35.9 Å². The summed E-state index contributed by atoms with van der Waals surface area (Å²) in [5.41, 5.74) is 1.18. The summed E-state index contributed by atoms with van der Waals surface area (Å²) in [4.78, 5) is 8.07. The molecule has 0 N–H and O–H groups in total. The first-order valence-electron chi connectivity index (χ1n) is 8.45. The van der Waals surface area contributed by atoms with Gasteiger partial charge in [-0.1, -0.05) is 28.9 Å². The molecule has 8 nitrogen and oxygen atoms in total. The Morgan fingerprint density at radius 2 is 1.90 bits per heavy atom. The van der Waals surface area contributed by atoms with E-state index in [1.54, 1.807) is 37.4 Å². The molecule has 4 rings (SSSR count). The van der Waals surface area contributed by atoms with Crippen LogP contribution in [0.25, 0.3) is 10.9 Å². The monoisotopic (exact) mass is 430 g/mol. The van der Waals surface area contributed by atoms with Gasteiger partial charge in [-0.3, -0.25) is 0 Å². The van der Waals surface area contributed by atoms with Crippen LogP contribution in [0, 0.1) is 0 Å². The molecule has 0 saturated carbocycles. The Morgan fingerprint density at radius 1 is 1.10 bits per heavy atom. The Bertz CT molecular complexity index is 1250. The molecule has 0 amide bonds. The van der Waals surface area contributed by atoms with Crippen LogP contribution >= 0.6 is 11.6 Å². The normalized spacial score (nSPS) is 11.5. The summed E-state index contributed by atoms with van der Waals surface area (Å²) in [6, 6.07) is 13.1. The van der Waals surface area contributed by atoms with E-state index in [1.807, 2.05) is 0 Å². The van der Waals surface area contributed by atoms with Gasteiger partial charge in [-0.15, -0.1) is 0 Å². The molecule has 2 aromatic heterocycles. The van der Waals surface area contributed by atoms with Crippen LogP contribution in [0.1, 0.15) is 5.56 Å². The fourth-order valence-electron chi connectivity index (χ4n) is 2.81. The van der Waals surface area contributed by atoms with Crippen molar-refractivity contribution in [2.24, 2.45) is 0 Å². The highest BCUT2D eigenvalue weighted by molar-refractivity contribution is 7.92. The lowest BCUT2D eigenvalue weighted by atomic mass is 10.2. The highest BCUT2D eigenvalue weighted by Gasteiger charge is 2.28. The molecule has 10 heteroatoms. The molecule has 2 heterocycles. The van der Waals surface area contributed by atoms with E-state index >= 15 is 0 Å². The maximum atomic E-state index is 13.4. The number of benzene rings is 2. The second-order valence-electron chi connectivity index (χ2n) is 6.06. The molecule has 0 unspecified atom stereocenters. The number of fused-ring (bicyclic) bond motifs is 1. The van der Waals surface area contributed by atoms with Crippen molar-refractivity contribution in [3.63, 3.8) is 0 Å². The third-order valence-electron chi connectivity index (χ3n) is 4.31. The number of methoxy groups -OCH3 is 1. The zero-order valence-electron chi connectivity index (χ0n) is 15.2. The summed E-state index contributed by atoms with van der Waals surface area (Å²) in [6.45, 7) is 0.0570. The van der Waals surface area contributed by atoms with Crippen LogP contribution in [0.3, 0.4) is 0 Å². The molecule has 0 aliphatic carbocycles. The molecule has 0 bridgehead atoms. The summed E-state index contributed by atoms with van der Waals surface area (Å²) >= 11 is 6.06. The second kappa shape index (κ2) is 7.69. The molecule has 0 aliphatic rings. The molecule has 29 heavy (non-hydrogen) atoms. The Kier molecular flexibility index (Phi) is 5.08. The topological polar surface area (TPSA) is 98.4 Å². The molecule has 0 atom stereocenters. The van der Waals surface area contributed by atoms with E-state index < -0.39 is 10.0 Å². The Balaban J connectivity index is 1.76.